The highest BCUT2D eigenvalue weighted by molar-refractivity contribution is 5.81. The van der Waals surface area contributed by atoms with E-state index in [1.807, 2.05) is 12.1 Å². The van der Waals surface area contributed by atoms with Crippen molar-refractivity contribution in [2.45, 2.75) is 44.9 Å². The van der Waals surface area contributed by atoms with Gasteiger partial charge >= 0.3 is 6.18 Å². The molecule has 154 valence electrons. The number of hydrazone groups is 1. The SMILES string of the molecule is Cc1c(C#N)cc(C(F)(F)F)c2nc(CCC3NC(N4CCCC4)=NN3C)nn12. The summed E-state index contributed by atoms with van der Waals surface area (Å²) < 4.78 is 41.4. The molecule has 11 heteroatoms. The molecule has 0 aliphatic carbocycles. The van der Waals surface area contributed by atoms with Crippen LogP contribution < -0.4 is 5.32 Å². The number of likely N-dealkylation sites (tertiary alicyclic amines) is 1. The Kier molecular flexibility index (Phi) is 4.72. The standard InChI is InChI=1S/C18H21F3N8/c1-11-12(10-22)9-13(18(19,20)21)16-23-14(25-29(11)16)5-6-15-24-17(26-27(15)2)28-7-3-4-8-28/h9,15H,3-8H2,1-2H3,(H,24,26). The number of hydrogen-bond acceptors (Lipinski definition) is 7. The quantitative estimate of drug-likeness (QED) is 0.840. The van der Waals surface area contributed by atoms with E-state index in [9.17, 15) is 13.2 Å². The van der Waals surface area contributed by atoms with Crippen LogP contribution in [-0.4, -0.2) is 56.8 Å². The van der Waals surface area contributed by atoms with E-state index in [-0.39, 0.29) is 17.4 Å². The summed E-state index contributed by atoms with van der Waals surface area (Å²) in [7, 11) is 1.86. The van der Waals surface area contributed by atoms with E-state index in [4.69, 9.17) is 5.26 Å². The summed E-state index contributed by atoms with van der Waals surface area (Å²) in [5, 5.41) is 23.1. The van der Waals surface area contributed by atoms with Crippen molar-refractivity contribution < 1.29 is 13.2 Å². The van der Waals surface area contributed by atoms with Crippen LogP contribution in [0.15, 0.2) is 11.2 Å². The third-order valence-electron chi connectivity index (χ3n) is 5.36. The van der Waals surface area contributed by atoms with Gasteiger partial charge in [0.05, 0.1) is 11.3 Å². The van der Waals surface area contributed by atoms with Crippen LogP contribution in [0.5, 0.6) is 0 Å². The van der Waals surface area contributed by atoms with Gasteiger partial charge in [-0.15, -0.1) is 5.10 Å². The summed E-state index contributed by atoms with van der Waals surface area (Å²) in [4.78, 5) is 6.32. The van der Waals surface area contributed by atoms with Crippen molar-refractivity contribution in [3.05, 3.63) is 28.7 Å². The largest absolute Gasteiger partial charge is 0.420 e. The van der Waals surface area contributed by atoms with Gasteiger partial charge in [0.15, 0.2) is 11.5 Å². The summed E-state index contributed by atoms with van der Waals surface area (Å²) in [6, 6.07) is 2.64. The van der Waals surface area contributed by atoms with Crippen molar-refractivity contribution in [3.8, 4) is 6.07 Å². The van der Waals surface area contributed by atoms with Crippen molar-refractivity contribution in [3.63, 3.8) is 0 Å². The lowest BCUT2D eigenvalue weighted by Crippen LogP contribution is -2.42. The van der Waals surface area contributed by atoms with Gasteiger partial charge in [0.25, 0.3) is 0 Å². The first-order chi connectivity index (χ1) is 13.8. The molecule has 1 unspecified atom stereocenters. The van der Waals surface area contributed by atoms with Crippen LogP contribution >= 0.6 is 0 Å². The maximum absolute atomic E-state index is 13.4. The van der Waals surface area contributed by atoms with Crippen molar-refractivity contribution in [1.29, 1.82) is 5.26 Å². The first-order valence-electron chi connectivity index (χ1n) is 9.47. The summed E-state index contributed by atoms with van der Waals surface area (Å²) in [6.07, 6.45) is -1.44. The van der Waals surface area contributed by atoms with Crippen LogP contribution in [0.3, 0.4) is 0 Å². The van der Waals surface area contributed by atoms with E-state index < -0.39 is 11.7 Å². The number of fused-ring (bicyclic) bond motifs is 1. The lowest BCUT2D eigenvalue weighted by Gasteiger charge is -2.20. The molecule has 0 saturated carbocycles. The molecule has 0 radical (unpaired) electrons. The smallest absolute Gasteiger partial charge is 0.341 e. The Morgan fingerprint density at radius 1 is 1.31 bits per heavy atom. The minimum absolute atomic E-state index is 0.0675. The number of guanidine groups is 1. The summed E-state index contributed by atoms with van der Waals surface area (Å²) in [6.45, 7) is 3.51. The zero-order valence-corrected chi connectivity index (χ0v) is 16.2. The zero-order chi connectivity index (χ0) is 20.8. The Balaban J connectivity index is 1.53. The lowest BCUT2D eigenvalue weighted by molar-refractivity contribution is -0.136. The highest BCUT2D eigenvalue weighted by Crippen LogP contribution is 2.33. The molecule has 2 aromatic rings. The number of pyridine rings is 1. The van der Waals surface area contributed by atoms with Crippen LogP contribution in [0.25, 0.3) is 5.65 Å². The van der Waals surface area contributed by atoms with E-state index in [0.29, 0.717) is 24.4 Å². The fraction of sp³-hybridized carbons (Fsp3) is 0.556. The number of nitrogens with one attached hydrogen (secondary N) is 1. The van der Waals surface area contributed by atoms with Gasteiger partial charge in [0.2, 0.25) is 5.96 Å². The second kappa shape index (κ2) is 7.09. The topological polar surface area (TPSA) is 84.8 Å². The second-order valence-corrected chi connectivity index (χ2v) is 7.32. The predicted octanol–water partition coefficient (Wildman–Crippen LogP) is 2.09. The summed E-state index contributed by atoms with van der Waals surface area (Å²) in [5.41, 5.74) is -0.952. The highest BCUT2D eigenvalue weighted by Gasteiger charge is 2.36. The first-order valence-corrected chi connectivity index (χ1v) is 9.47. The molecule has 4 heterocycles. The molecule has 29 heavy (non-hydrogen) atoms. The Morgan fingerprint density at radius 3 is 2.69 bits per heavy atom. The zero-order valence-electron chi connectivity index (χ0n) is 16.2. The fourth-order valence-corrected chi connectivity index (χ4v) is 3.72. The van der Waals surface area contributed by atoms with Gasteiger partial charge in [-0.3, -0.25) is 5.01 Å². The van der Waals surface area contributed by atoms with Gasteiger partial charge in [-0.1, -0.05) is 0 Å². The monoisotopic (exact) mass is 406 g/mol. The molecule has 2 aliphatic rings. The van der Waals surface area contributed by atoms with Gasteiger partial charge in [-0.05, 0) is 32.3 Å². The molecule has 0 bridgehead atoms. The number of aryl methyl sites for hydroxylation is 2. The van der Waals surface area contributed by atoms with E-state index in [1.54, 1.807) is 13.0 Å². The van der Waals surface area contributed by atoms with E-state index >= 15 is 0 Å². The number of aromatic nitrogens is 3. The van der Waals surface area contributed by atoms with Gasteiger partial charge in [-0.25, -0.2) is 9.50 Å². The molecular formula is C18H21F3N8. The van der Waals surface area contributed by atoms with Crippen molar-refractivity contribution in [2.75, 3.05) is 20.1 Å². The number of halogens is 3. The molecule has 8 nitrogen and oxygen atoms in total. The maximum Gasteiger partial charge on any atom is 0.420 e. The normalized spacial score (nSPS) is 19.6. The Bertz CT molecular complexity index is 997. The predicted molar refractivity (Wildman–Crippen MR) is 98.7 cm³/mol. The molecule has 1 N–H and O–H groups in total. The Morgan fingerprint density at radius 2 is 2.03 bits per heavy atom. The molecule has 0 spiro atoms. The van der Waals surface area contributed by atoms with Crippen LogP contribution in [0.2, 0.25) is 0 Å². The lowest BCUT2D eigenvalue weighted by atomic mass is 10.1. The van der Waals surface area contributed by atoms with Crippen molar-refractivity contribution in [2.24, 2.45) is 5.10 Å². The van der Waals surface area contributed by atoms with E-state index in [1.165, 1.54) is 0 Å². The number of alkyl halides is 3. The third kappa shape index (κ3) is 3.54. The first kappa shape index (κ1) is 19.3. The molecule has 1 fully saturated rings. The van der Waals surface area contributed by atoms with Gasteiger partial charge in [-0.2, -0.15) is 23.5 Å². The summed E-state index contributed by atoms with van der Waals surface area (Å²) >= 11 is 0. The maximum atomic E-state index is 13.4. The minimum atomic E-state index is -4.61. The molecule has 4 rings (SSSR count). The summed E-state index contributed by atoms with van der Waals surface area (Å²) in [5.74, 6) is 1.14. The molecule has 0 amide bonds. The van der Waals surface area contributed by atoms with Crippen molar-refractivity contribution in [1.82, 2.24) is 29.8 Å². The van der Waals surface area contributed by atoms with Gasteiger partial charge in [0.1, 0.15) is 17.8 Å². The highest BCUT2D eigenvalue weighted by atomic mass is 19.4. The second-order valence-electron chi connectivity index (χ2n) is 7.32. The van der Waals surface area contributed by atoms with E-state index in [0.717, 1.165) is 42.5 Å². The molecule has 1 saturated heterocycles. The molecular weight excluding hydrogens is 385 g/mol. The minimum Gasteiger partial charge on any atom is -0.341 e. The van der Waals surface area contributed by atoms with Gasteiger partial charge in [0, 0.05) is 26.6 Å². The van der Waals surface area contributed by atoms with Crippen LogP contribution in [0.4, 0.5) is 13.2 Å². The number of nitrogens with zero attached hydrogens (tertiary/aromatic N) is 7. The number of rotatable bonds is 3. The molecule has 1 atom stereocenters. The van der Waals surface area contributed by atoms with Crippen molar-refractivity contribution >= 4 is 11.6 Å². The average molecular weight is 406 g/mol. The van der Waals surface area contributed by atoms with Crippen LogP contribution in [0, 0.1) is 18.3 Å². The Hall–Kier alpha value is -3.03. The average Bonchev–Trinajstić information content (AvgIpc) is 3.39. The third-order valence-corrected chi connectivity index (χ3v) is 5.36. The van der Waals surface area contributed by atoms with Crippen LogP contribution in [-0.2, 0) is 12.6 Å². The van der Waals surface area contributed by atoms with E-state index in [2.05, 4.69) is 25.4 Å². The number of nitriles is 1. The van der Waals surface area contributed by atoms with Crippen LogP contribution in [0.1, 0.15) is 41.9 Å². The molecule has 2 aromatic heterocycles. The molecule has 2 aliphatic heterocycles. The van der Waals surface area contributed by atoms with Gasteiger partial charge < -0.3 is 10.2 Å². The fourth-order valence-electron chi connectivity index (χ4n) is 3.72. The Labute approximate surface area is 165 Å². The molecule has 0 aromatic carbocycles. The number of hydrogen-bond donors (Lipinski definition) is 1.